The molecule has 0 aliphatic carbocycles. The topological polar surface area (TPSA) is 38.3 Å². The highest BCUT2D eigenvalue weighted by atomic mass is 35.5. The van der Waals surface area contributed by atoms with Crippen LogP contribution in [0.1, 0.15) is 24.2 Å². The quantitative estimate of drug-likeness (QED) is 0.794. The smallest absolute Gasteiger partial charge is 0.271 e. The third-order valence-corrected chi connectivity index (χ3v) is 2.31. The Balaban J connectivity index is 2.49. The predicted octanol–water partition coefficient (Wildman–Crippen LogP) is 2.47. The third kappa shape index (κ3) is 3.34. The van der Waals surface area contributed by atoms with Crippen LogP contribution in [0.4, 0.5) is 0 Å². The minimum atomic E-state index is -0.267. The number of carbonyl (C=O) groups is 1. The first-order valence-electron chi connectivity index (χ1n) is 3.79. The van der Waals surface area contributed by atoms with Crippen LogP contribution in [0.15, 0.2) is 11.4 Å². The molecule has 1 heterocycles. The number of amides is 1. The van der Waals surface area contributed by atoms with E-state index in [0.717, 1.165) is 0 Å². The van der Waals surface area contributed by atoms with Crippen molar-refractivity contribution in [3.05, 3.63) is 21.3 Å². The van der Waals surface area contributed by atoms with Gasteiger partial charge in [0.15, 0.2) is 0 Å². The van der Waals surface area contributed by atoms with Gasteiger partial charge in [0.1, 0.15) is 0 Å². The van der Waals surface area contributed by atoms with E-state index in [1.165, 1.54) is 11.3 Å². The summed E-state index contributed by atoms with van der Waals surface area (Å²) in [4.78, 5) is 16.2. The fourth-order valence-electron chi connectivity index (χ4n) is 0.659. The maximum Gasteiger partial charge on any atom is 0.275 e. The number of hydrogen-bond acceptors (Lipinski definition) is 3. The van der Waals surface area contributed by atoms with E-state index >= 15 is 0 Å². The molecule has 1 rings (SSSR count). The Kier molecular flexibility index (Phi) is 3.71. The molecule has 5 heteroatoms. The van der Waals surface area contributed by atoms with Gasteiger partial charge in [-0.1, -0.05) is 11.6 Å². The predicted molar refractivity (Wildman–Crippen MR) is 53.0 cm³/mol. The van der Waals surface area contributed by atoms with Gasteiger partial charge >= 0.3 is 0 Å². The summed E-state index contributed by atoms with van der Waals surface area (Å²) in [5, 5.41) is 1.68. The number of halogens is 1. The zero-order chi connectivity index (χ0) is 9.84. The Labute approximate surface area is 85.6 Å². The lowest BCUT2D eigenvalue weighted by atomic mass is 10.3. The summed E-state index contributed by atoms with van der Waals surface area (Å²) in [5.41, 5.74) is 2.84. The van der Waals surface area contributed by atoms with Crippen molar-refractivity contribution in [1.29, 1.82) is 0 Å². The summed E-state index contributed by atoms with van der Waals surface area (Å²) in [6.07, 6.45) is -0.0296. The van der Waals surface area contributed by atoms with E-state index in [2.05, 4.69) is 5.48 Å². The third-order valence-electron chi connectivity index (χ3n) is 1.22. The zero-order valence-corrected chi connectivity index (χ0v) is 8.91. The minimum absolute atomic E-state index is 0.0296. The van der Waals surface area contributed by atoms with Crippen molar-refractivity contribution in [3.8, 4) is 0 Å². The molecule has 0 fully saturated rings. The largest absolute Gasteiger partial charge is 0.275 e. The highest BCUT2D eigenvalue weighted by molar-refractivity contribution is 7.14. The van der Waals surface area contributed by atoms with Crippen LogP contribution in [-0.2, 0) is 4.84 Å². The first kappa shape index (κ1) is 10.5. The molecular formula is C8H10ClNO2S. The molecule has 1 aromatic heterocycles. The molecule has 0 spiro atoms. The molecule has 0 saturated carbocycles. The number of nitrogens with one attached hydrogen (secondary N) is 1. The van der Waals surface area contributed by atoms with Crippen LogP contribution in [0.3, 0.4) is 0 Å². The maximum atomic E-state index is 11.3. The highest BCUT2D eigenvalue weighted by Crippen LogP contribution is 2.19. The minimum Gasteiger partial charge on any atom is -0.271 e. The Morgan fingerprint density at radius 2 is 2.38 bits per heavy atom. The first-order chi connectivity index (χ1) is 6.09. The van der Waals surface area contributed by atoms with Crippen molar-refractivity contribution in [3.63, 3.8) is 0 Å². The number of thiophene rings is 1. The summed E-state index contributed by atoms with van der Waals surface area (Å²) in [6.45, 7) is 3.67. The molecule has 1 N–H and O–H groups in total. The van der Waals surface area contributed by atoms with Gasteiger partial charge in [-0.05, 0) is 19.9 Å². The number of carbonyl (C=O) groups excluding carboxylic acids is 1. The molecule has 0 unspecified atom stereocenters. The van der Waals surface area contributed by atoms with Crippen molar-refractivity contribution in [2.45, 2.75) is 20.0 Å². The van der Waals surface area contributed by atoms with Crippen LogP contribution in [0.2, 0.25) is 4.34 Å². The Bertz CT molecular complexity index is 298. The monoisotopic (exact) mass is 219 g/mol. The molecular weight excluding hydrogens is 210 g/mol. The molecule has 13 heavy (non-hydrogen) atoms. The fourth-order valence-corrected chi connectivity index (χ4v) is 1.52. The molecule has 0 atom stereocenters. The van der Waals surface area contributed by atoms with E-state index in [0.29, 0.717) is 9.90 Å². The van der Waals surface area contributed by atoms with Crippen molar-refractivity contribution in [1.82, 2.24) is 5.48 Å². The molecule has 72 valence electrons. The molecule has 3 nitrogen and oxygen atoms in total. The van der Waals surface area contributed by atoms with Gasteiger partial charge in [0, 0.05) is 5.38 Å². The van der Waals surface area contributed by atoms with Gasteiger partial charge in [0.05, 0.1) is 16.0 Å². The van der Waals surface area contributed by atoms with Crippen LogP contribution >= 0.6 is 22.9 Å². The van der Waals surface area contributed by atoms with Crippen LogP contribution in [0.25, 0.3) is 0 Å². The normalized spacial score (nSPS) is 10.5. The number of rotatable bonds is 3. The lowest BCUT2D eigenvalue weighted by molar-refractivity contribution is 0.000222. The van der Waals surface area contributed by atoms with Gasteiger partial charge in [0.25, 0.3) is 5.91 Å². The highest BCUT2D eigenvalue weighted by Gasteiger charge is 2.08. The molecule has 0 bridgehead atoms. The fraction of sp³-hybridized carbons (Fsp3) is 0.375. The number of hydrogen-bond donors (Lipinski definition) is 1. The molecule has 1 aromatic rings. The van der Waals surface area contributed by atoms with Gasteiger partial charge in [-0.25, -0.2) is 5.48 Å². The summed E-state index contributed by atoms with van der Waals surface area (Å²) in [7, 11) is 0. The summed E-state index contributed by atoms with van der Waals surface area (Å²) < 4.78 is 0.592. The van der Waals surface area contributed by atoms with Crippen LogP contribution < -0.4 is 5.48 Å². The van der Waals surface area contributed by atoms with E-state index in [9.17, 15) is 4.79 Å². The lowest BCUT2D eigenvalue weighted by Crippen LogP contribution is -2.26. The van der Waals surface area contributed by atoms with E-state index in [1.807, 2.05) is 13.8 Å². The Morgan fingerprint density at radius 3 is 2.85 bits per heavy atom. The molecule has 0 radical (unpaired) electrons. The number of hydroxylamine groups is 1. The van der Waals surface area contributed by atoms with Crippen molar-refractivity contribution >= 4 is 28.8 Å². The van der Waals surface area contributed by atoms with Gasteiger partial charge in [-0.15, -0.1) is 11.3 Å². The van der Waals surface area contributed by atoms with Gasteiger partial charge in [-0.2, -0.15) is 0 Å². The van der Waals surface area contributed by atoms with Crippen molar-refractivity contribution in [2.75, 3.05) is 0 Å². The van der Waals surface area contributed by atoms with Crippen molar-refractivity contribution in [2.24, 2.45) is 0 Å². The Hall–Kier alpha value is -0.580. The lowest BCUT2D eigenvalue weighted by Gasteiger charge is -2.06. The van der Waals surface area contributed by atoms with E-state index in [-0.39, 0.29) is 12.0 Å². The summed E-state index contributed by atoms with van der Waals surface area (Å²) >= 11 is 6.98. The second kappa shape index (κ2) is 4.60. The SMILES string of the molecule is CC(C)ONC(=O)c1csc(Cl)c1. The standard InChI is InChI=1S/C8H10ClNO2S/c1-5(2)12-10-8(11)6-3-7(9)13-4-6/h3-5H,1-2H3,(H,10,11). The van der Waals surface area contributed by atoms with Gasteiger partial charge in [-0.3, -0.25) is 9.63 Å². The average Bonchev–Trinajstić information content (AvgIpc) is 2.47. The van der Waals surface area contributed by atoms with Crippen LogP contribution in [0, 0.1) is 0 Å². The zero-order valence-electron chi connectivity index (χ0n) is 7.33. The van der Waals surface area contributed by atoms with E-state index in [4.69, 9.17) is 16.4 Å². The Morgan fingerprint density at radius 1 is 1.69 bits per heavy atom. The van der Waals surface area contributed by atoms with E-state index < -0.39 is 0 Å². The second-order valence-electron chi connectivity index (χ2n) is 2.74. The van der Waals surface area contributed by atoms with Crippen LogP contribution in [-0.4, -0.2) is 12.0 Å². The molecule has 1 amide bonds. The summed E-state index contributed by atoms with van der Waals surface area (Å²) in [6, 6.07) is 1.60. The maximum absolute atomic E-state index is 11.3. The van der Waals surface area contributed by atoms with Gasteiger partial charge in [0.2, 0.25) is 0 Å². The first-order valence-corrected chi connectivity index (χ1v) is 5.05. The van der Waals surface area contributed by atoms with Crippen LogP contribution in [0.5, 0.6) is 0 Å². The van der Waals surface area contributed by atoms with Gasteiger partial charge < -0.3 is 0 Å². The average molecular weight is 220 g/mol. The van der Waals surface area contributed by atoms with E-state index in [1.54, 1.807) is 11.4 Å². The van der Waals surface area contributed by atoms with Crippen molar-refractivity contribution < 1.29 is 9.63 Å². The molecule has 0 aromatic carbocycles. The second-order valence-corrected chi connectivity index (χ2v) is 4.28. The molecule has 0 aliphatic heterocycles. The summed E-state index contributed by atoms with van der Waals surface area (Å²) in [5.74, 6) is -0.267. The molecule has 0 aliphatic rings. The molecule has 0 saturated heterocycles.